The van der Waals surface area contributed by atoms with E-state index in [0.29, 0.717) is 17.7 Å². The van der Waals surface area contributed by atoms with E-state index in [1.165, 1.54) is 24.3 Å². The first-order chi connectivity index (χ1) is 15.1. The van der Waals surface area contributed by atoms with E-state index in [0.717, 1.165) is 12.1 Å². The Labute approximate surface area is 186 Å². The highest BCUT2D eigenvalue weighted by Gasteiger charge is 2.33. The summed E-state index contributed by atoms with van der Waals surface area (Å²) in [5, 5.41) is 1.83. The fourth-order valence-corrected chi connectivity index (χ4v) is 3.36. The molecule has 9 heteroatoms. The molecule has 0 heterocycles. The number of ether oxygens (including phenoxy) is 1. The highest BCUT2D eigenvalue weighted by atomic mass is 35.5. The minimum atomic E-state index is -4.67. The van der Waals surface area contributed by atoms with Crippen molar-refractivity contribution in [3.63, 3.8) is 0 Å². The number of allylic oxidation sites excluding steroid dienone is 4. The van der Waals surface area contributed by atoms with E-state index in [1.807, 2.05) is 0 Å². The van der Waals surface area contributed by atoms with Gasteiger partial charge < -0.3 is 10.1 Å². The number of hydrogen-bond acceptors (Lipinski definition) is 3. The maximum Gasteiger partial charge on any atom is 0.417 e. The van der Waals surface area contributed by atoms with Gasteiger partial charge in [0.05, 0.1) is 23.6 Å². The van der Waals surface area contributed by atoms with E-state index in [9.17, 15) is 27.2 Å². The fourth-order valence-electron chi connectivity index (χ4n) is 3.13. The van der Waals surface area contributed by atoms with Crippen molar-refractivity contribution >= 4 is 34.6 Å². The van der Waals surface area contributed by atoms with Gasteiger partial charge in [-0.3, -0.25) is 9.59 Å². The molecule has 0 aliphatic heterocycles. The maximum absolute atomic E-state index is 14.6. The minimum absolute atomic E-state index is 0.0674. The second-order valence-electron chi connectivity index (χ2n) is 6.95. The largest absolute Gasteiger partial charge is 0.490 e. The van der Waals surface area contributed by atoms with Crippen LogP contribution in [-0.4, -0.2) is 18.3 Å². The SMILES string of the molecule is CCOC1=CC(c2ccc(CC(=O)Nc3ccc(Cl)c(C(F)(F)F)c3)c(F)c2)=CCC1=O. The molecule has 0 atom stereocenters. The highest BCUT2D eigenvalue weighted by molar-refractivity contribution is 6.31. The van der Waals surface area contributed by atoms with E-state index in [2.05, 4.69) is 5.32 Å². The number of rotatable bonds is 6. The van der Waals surface area contributed by atoms with Crippen molar-refractivity contribution in [3.8, 4) is 0 Å². The van der Waals surface area contributed by atoms with Crippen LogP contribution in [-0.2, 0) is 26.9 Å². The summed E-state index contributed by atoms with van der Waals surface area (Å²) in [5.41, 5.74) is 0.00557. The van der Waals surface area contributed by atoms with E-state index in [4.69, 9.17) is 16.3 Å². The van der Waals surface area contributed by atoms with Crippen LogP contribution in [0.5, 0.6) is 0 Å². The van der Waals surface area contributed by atoms with Crippen LogP contribution in [0.3, 0.4) is 0 Å². The summed E-state index contributed by atoms with van der Waals surface area (Å²) in [4.78, 5) is 24.1. The molecule has 0 bridgehead atoms. The Morgan fingerprint density at radius 1 is 1.19 bits per heavy atom. The number of ketones is 1. The van der Waals surface area contributed by atoms with Crippen molar-refractivity contribution in [2.75, 3.05) is 11.9 Å². The van der Waals surface area contributed by atoms with E-state index in [-0.39, 0.29) is 35.6 Å². The van der Waals surface area contributed by atoms with Crippen LogP contribution < -0.4 is 5.32 Å². The molecule has 0 unspecified atom stereocenters. The summed E-state index contributed by atoms with van der Waals surface area (Å²) in [5.74, 6) is -1.31. The Balaban J connectivity index is 1.73. The molecule has 3 rings (SSSR count). The molecule has 0 fully saturated rings. The molecule has 4 nitrogen and oxygen atoms in total. The Morgan fingerprint density at radius 3 is 2.59 bits per heavy atom. The zero-order valence-corrected chi connectivity index (χ0v) is 17.6. The summed E-state index contributed by atoms with van der Waals surface area (Å²) in [6, 6.07) is 7.22. The molecule has 1 amide bonds. The molecule has 32 heavy (non-hydrogen) atoms. The summed E-state index contributed by atoms with van der Waals surface area (Å²) in [6.45, 7) is 2.07. The van der Waals surface area contributed by atoms with Crippen LogP contribution in [0.15, 0.2) is 54.3 Å². The summed E-state index contributed by atoms with van der Waals surface area (Å²) >= 11 is 5.56. The van der Waals surface area contributed by atoms with Gasteiger partial charge in [0.1, 0.15) is 5.82 Å². The molecular weight excluding hydrogens is 450 g/mol. The lowest BCUT2D eigenvalue weighted by atomic mass is 9.96. The van der Waals surface area contributed by atoms with Crippen molar-refractivity contribution in [1.29, 1.82) is 0 Å². The number of carbonyl (C=O) groups is 2. The minimum Gasteiger partial charge on any atom is -0.490 e. The maximum atomic E-state index is 14.6. The third kappa shape index (κ3) is 5.56. The van der Waals surface area contributed by atoms with Gasteiger partial charge in [-0.05, 0) is 54.0 Å². The van der Waals surface area contributed by atoms with Crippen LogP contribution in [0, 0.1) is 5.82 Å². The topological polar surface area (TPSA) is 55.4 Å². The van der Waals surface area contributed by atoms with Gasteiger partial charge in [0.25, 0.3) is 0 Å². The number of benzene rings is 2. The first-order valence-corrected chi connectivity index (χ1v) is 9.99. The van der Waals surface area contributed by atoms with Crippen molar-refractivity contribution in [3.05, 3.63) is 81.8 Å². The molecule has 1 aliphatic carbocycles. The quantitative estimate of drug-likeness (QED) is 0.534. The van der Waals surface area contributed by atoms with Gasteiger partial charge in [-0.25, -0.2) is 4.39 Å². The molecule has 1 N–H and O–H groups in total. The molecule has 0 saturated carbocycles. The van der Waals surface area contributed by atoms with Crippen LogP contribution in [0.4, 0.5) is 23.2 Å². The standard InChI is InChI=1S/C23H18ClF4NO3/c1-2-32-21-10-14(5-8-20(21)30)13-3-4-15(19(25)9-13)11-22(31)29-16-6-7-18(24)17(12-16)23(26,27)28/h3-7,9-10,12H,2,8,11H2,1H3,(H,29,31). The first kappa shape index (κ1) is 23.5. The van der Waals surface area contributed by atoms with Crippen LogP contribution in [0.1, 0.15) is 30.0 Å². The number of halogens is 5. The van der Waals surface area contributed by atoms with Gasteiger partial charge in [0, 0.05) is 12.1 Å². The number of alkyl halides is 3. The number of amides is 1. The summed E-state index contributed by atoms with van der Waals surface area (Å²) < 4.78 is 58.8. The molecule has 1 aliphatic rings. The van der Waals surface area contributed by atoms with Crippen molar-refractivity contribution in [1.82, 2.24) is 0 Å². The molecule has 2 aromatic carbocycles. The van der Waals surface area contributed by atoms with Gasteiger partial charge >= 0.3 is 6.18 Å². The lowest BCUT2D eigenvalue weighted by molar-refractivity contribution is -0.137. The second-order valence-corrected chi connectivity index (χ2v) is 7.36. The lowest BCUT2D eigenvalue weighted by Gasteiger charge is -2.14. The third-order valence-corrected chi connectivity index (χ3v) is 4.99. The van der Waals surface area contributed by atoms with Crippen LogP contribution in [0.2, 0.25) is 5.02 Å². The van der Waals surface area contributed by atoms with Gasteiger partial charge in [-0.1, -0.05) is 29.8 Å². The van der Waals surface area contributed by atoms with Gasteiger partial charge in [0.15, 0.2) is 5.76 Å². The van der Waals surface area contributed by atoms with E-state index in [1.54, 1.807) is 19.1 Å². The predicted molar refractivity (Wildman–Crippen MR) is 112 cm³/mol. The molecular formula is C23H18ClF4NO3. The predicted octanol–water partition coefficient (Wildman–Crippen LogP) is 5.96. The Morgan fingerprint density at radius 2 is 1.94 bits per heavy atom. The second kappa shape index (κ2) is 9.56. The van der Waals surface area contributed by atoms with Crippen molar-refractivity contribution in [2.24, 2.45) is 0 Å². The fraction of sp³-hybridized carbons (Fsp3) is 0.217. The monoisotopic (exact) mass is 467 g/mol. The number of nitrogens with one attached hydrogen (secondary N) is 1. The van der Waals surface area contributed by atoms with Gasteiger partial charge in [-0.15, -0.1) is 0 Å². The van der Waals surface area contributed by atoms with Crippen LogP contribution in [0.25, 0.3) is 5.57 Å². The Kier molecular flexibility index (Phi) is 7.03. The number of hydrogen-bond donors (Lipinski definition) is 1. The zero-order chi connectivity index (χ0) is 23.5. The number of anilines is 1. The van der Waals surface area contributed by atoms with Crippen LogP contribution >= 0.6 is 11.6 Å². The molecule has 0 aromatic heterocycles. The van der Waals surface area contributed by atoms with Crippen molar-refractivity contribution in [2.45, 2.75) is 25.9 Å². The number of Topliss-reactive ketones (excluding diaryl/α,β-unsaturated/α-hetero) is 1. The highest BCUT2D eigenvalue weighted by Crippen LogP contribution is 2.36. The molecule has 168 valence electrons. The summed E-state index contributed by atoms with van der Waals surface area (Å²) in [7, 11) is 0. The lowest BCUT2D eigenvalue weighted by Crippen LogP contribution is -2.16. The Bertz CT molecular complexity index is 1120. The average Bonchev–Trinajstić information content (AvgIpc) is 2.72. The summed E-state index contributed by atoms with van der Waals surface area (Å²) in [6.07, 6.45) is -1.73. The average molecular weight is 468 g/mol. The Hall–Kier alpha value is -3.13. The normalized spacial score (nSPS) is 14.0. The first-order valence-electron chi connectivity index (χ1n) is 9.61. The smallest absolute Gasteiger partial charge is 0.417 e. The third-order valence-electron chi connectivity index (χ3n) is 4.66. The van der Waals surface area contributed by atoms with Gasteiger partial charge in [-0.2, -0.15) is 13.2 Å². The number of carbonyl (C=O) groups excluding carboxylic acids is 2. The zero-order valence-electron chi connectivity index (χ0n) is 16.9. The van der Waals surface area contributed by atoms with Crippen molar-refractivity contribution < 1.29 is 31.9 Å². The van der Waals surface area contributed by atoms with Gasteiger partial charge in [0.2, 0.25) is 11.7 Å². The molecule has 2 aromatic rings. The molecule has 0 radical (unpaired) electrons. The molecule has 0 spiro atoms. The van der Waals surface area contributed by atoms with E-state index < -0.39 is 28.5 Å². The molecule has 0 saturated heterocycles. The van der Waals surface area contributed by atoms with E-state index >= 15 is 0 Å².